The third-order valence-electron chi connectivity index (χ3n) is 1.58. The summed E-state index contributed by atoms with van der Waals surface area (Å²) in [5.41, 5.74) is 0.512. The molecular formula is C9H16N2O3Si. The van der Waals surface area contributed by atoms with Gasteiger partial charge in [-0.1, -0.05) is 6.58 Å². The van der Waals surface area contributed by atoms with Gasteiger partial charge >= 0.3 is 6.03 Å². The maximum Gasteiger partial charge on any atom is 0.314 e. The lowest BCUT2D eigenvalue weighted by molar-refractivity contribution is -0.115. The molecule has 0 bridgehead atoms. The van der Waals surface area contributed by atoms with Crippen molar-refractivity contribution in [1.82, 2.24) is 10.6 Å². The third-order valence-corrected chi connectivity index (χ3v) is 2.19. The highest BCUT2D eigenvalue weighted by Gasteiger charge is 2.03. The number of rotatable bonds is 7. The number of hydrogen-bond acceptors (Lipinski definition) is 3. The molecule has 0 saturated heterocycles. The highest BCUT2D eigenvalue weighted by molar-refractivity contribution is 6.27. The van der Waals surface area contributed by atoms with Crippen molar-refractivity contribution in [2.75, 3.05) is 19.8 Å². The molecule has 0 aliphatic rings. The SMILES string of the molecule is C=C(C)C(=O)CCNC(=O)NC[Si]OC. The van der Waals surface area contributed by atoms with Crippen molar-refractivity contribution in [3.63, 3.8) is 0 Å². The van der Waals surface area contributed by atoms with Crippen molar-refractivity contribution in [1.29, 1.82) is 0 Å². The number of nitrogens with one attached hydrogen (secondary N) is 2. The largest absolute Gasteiger partial charge is 0.419 e. The average molecular weight is 228 g/mol. The molecule has 2 amide bonds. The summed E-state index contributed by atoms with van der Waals surface area (Å²) in [6.07, 6.45) is 0.770. The Morgan fingerprint density at radius 3 is 2.60 bits per heavy atom. The topological polar surface area (TPSA) is 67.4 Å². The van der Waals surface area contributed by atoms with Gasteiger partial charge in [0.2, 0.25) is 0 Å². The fraction of sp³-hybridized carbons (Fsp3) is 0.556. The minimum Gasteiger partial charge on any atom is -0.419 e. The van der Waals surface area contributed by atoms with Gasteiger partial charge in [0.15, 0.2) is 5.78 Å². The van der Waals surface area contributed by atoms with E-state index in [4.69, 9.17) is 4.43 Å². The zero-order valence-electron chi connectivity index (χ0n) is 9.05. The van der Waals surface area contributed by atoms with Crippen molar-refractivity contribution in [2.45, 2.75) is 13.3 Å². The quantitative estimate of drug-likeness (QED) is 0.367. The normalized spacial score (nSPS) is 9.47. The van der Waals surface area contributed by atoms with Crippen LogP contribution in [0.15, 0.2) is 12.2 Å². The summed E-state index contributed by atoms with van der Waals surface area (Å²) < 4.78 is 4.79. The number of urea groups is 1. The first-order valence-corrected chi connectivity index (χ1v) is 5.65. The van der Waals surface area contributed by atoms with Crippen LogP contribution in [0.3, 0.4) is 0 Å². The van der Waals surface area contributed by atoms with Crippen LogP contribution >= 0.6 is 0 Å². The second-order valence-corrected chi connectivity index (χ2v) is 3.96. The Morgan fingerprint density at radius 2 is 2.07 bits per heavy atom. The van der Waals surface area contributed by atoms with E-state index in [1.54, 1.807) is 14.0 Å². The number of amides is 2. The summed E-state index contributed by atoms with van der Waals surface area (Å²) in [5, 5.41) is 5.15. The number of allylic oxidation sites excluding steroid dienone is 1. The molecule has 0 aromatic heterocycles. The van der Waals surface area contributed by atoms with Crippen LogP contribution in [-0.2, 0) is 9.22 Å². The summed E-state index contributed by atoms with van der Waals surface area (Å²) >= 11 is 0. The molecule has 2 N–H and O–H groups in total. The zero-order chi connectivity index (χ0) is 11.7. The number of carbonyl (C=O) groups excluding carboxylic acids is 2. The van der Waals surface area contributed by atoms with E-state index in [0.29, 0.717) is 18.3 Å². The second kappa shape index (κ2) is 8.19. The van der Waals surface area contributed by atoms with E-state index in [1.165, 1.54) is 0 Å². The summed E-state index contributed by atoms with van der Waals surface area (Å²) in [5.74, 6) is -0.0333. The van der Waals surface area contributed by atoms with Gasteiger partial charge in [-0.15, -0.1) is 0 Å². The Hall–Kier alpha value is -1.14. The highest BCUT2D eigenvalue weighted by atomic mass is 28.2. The van der Waals surface area contributed by atoms with Crippen LogP contribution in [0.1, 0.15) is 13.3 Å². The molecule has 84 valence electrons. The van der Waals surface area contributed by atoms with E-state index in [1.807, 2.05) is 0 Å². The van der Waals surface area contributed by atoms with Crippen molar-refractivity contribution in [2.24, 2.45) is 0 Å². The van der Waals surface area contributed by atoms with Gasteiger partial charge in [-0.2, -0.15) is 0 Å². The molecule has 0 heterocycles. The van der Waals surface area contributed by atoms with Gasteiger partial charge in [-0.3, -0.25) is 4.79 Å². The summed E-state index contributed by atoms with van der Waals surface area (Å²) in [6, 6.07) is -0.283. The zero-order valence-corrected chi connectivity index (χ0v) is 10.1. The number of Topliss-reactive ketones (excluding diaryl/α,β-unsaturated/α-hetero) is 1. The molecule has 15 heavy (non-hydrogen) atoms. The Morgan fingerprint density at radius 1 is 1.40 bits per heavy atom. The van der Waals surface area contributed by atoms with Gasteiger partial charge < -0.3 is 15.1 Å². The van der Waals surface area contributed by atoms with Gasteiger partial charge in [0.05, 0.1) is 0 Å². The molecule has 0 aliphatic carbocycles. The van der Waals surface area contributed by atoms with E-state index >= 15 is 0 Å². The first-order chi connectivity index (χ1) is 7.07. The van der Waals surface area contributed by atoms with Crippen LogP contribution in [0.4, 0.5) is 4.79 Å². The Bertz CT molecular complexity index is 244. The van der Waals surface area contributed by atoms with E-state index in [0.717, 1.165) is 0 Å². The van der Waals surface area contributed by atoms with Crippen molar-refractivity contribution in [3.05, 3.63) is 12.2 Å². The van der Waals surface area contributed by atoms with Crippen LogP contribution in [-0.4, -0.2) is 41.4 Å². The van der Waals surface area contributed by atoms with E-state index in [9.17, 15) is 9.59 Å². The molecule has 0 saturated carbocycles. The van der Waals surface area contributed by atoms with Crippen LogP contribution in [0.25, 0.3) is 0 Å². The van der Waals surface area contributed by atoms with Gasteiger partial charge in [0.1, 0.15) is 0 Å². The minimum absolute atomic E-state index is 0.0333. The lowest BCUT2D eigenvalue weighted by atomic mass is 10.2. The predicted octanol–water partition coefficient (Wildman–Crippen LogP) is 0.0440. The van der Waals surface area contributed by atoms with Gasteiger partial charge in [0.25, 0.3) is 9.76 Å². The fourth-order valence-corrected chi connectivity index (χ4v) is 1.13. The van der Waals surface area contributed by atoms with Crippen molar-refractivity contribution >= 4 is 21.6 Å². The van der Waals surface area contributed by atoms with E-state index < -0.39 is 0 Å². The first-order valence-electron chi connectivity index (χ1n) is 4.54. The standard InChI is InChI=1S/C9H16N2O3Si/c1-7(2)8(12)4-5-10-9(13)11-6-15-14-3/h1,4-6H2,2-3H3,(H2,10,11,13). The molecule has 0 fully saturated rings. The van der Waals surface area contributed by atoms with Gasteiger partial charge in [0, 0.05) is 26.2 Å². The van der Waals surface area contributed by atoms with Gasteiger partial charge in [-0.25, -0.2) is 4.79 Å². The molecule has 0 aromatic rings. The summed E-state index contributed by atoms with van der Waals surface area (Å²) in [4.78, 5) is 22.2. The lowest BCUT2D eigenvalue weighted by Gasteiger charge is -2.05. The van der Waals surface area contributed by atoms with Crippen LogP contribution < -0.4 is 10.6 Å². The molecule has 0 aliphatic heterocycles. The molecule has 5 nitrogen and oxygen atoms in total. The Kier molecular flexibility index (Phi) is 7.56. The van der Waals surface area contributed by atoms with Crippen LogP contribution in [0.2, 0.25) is 0 Å². The first kappa shape index (κ1) is 13.9. The lowest BCUT2D eigenvalue weighted by Crippen LogP contribution is -2.38. The Labute approximate surface area is 92.2 Å². The average Bonchev–Trinajstić information content (AvgIpc) is 2.18. The molecule has 0 rings (SSSR count). The van der Waals surface area contributed by atoms with E-state index in [-0.39, 0.29) is 28.0 Å². The maximum atomic E-state index is 11.1. The van der Waals surface area contributed by atoms with Crippen molar-refractivity contribution in [3.8, 4) is 0 Å². The Balaban J connectivity index is 3.47. The molecule has 0 unspecified atom stereocenters. The molecular weight excluding hydrogens is 212 g/mol. The second-order valence-electron chi connectivity index (χ2n) is 2.91. The number of hydrogen-bond donors (Lipinski definition) is 2. The van der Waals surface area contributed by atoms with Crippen LogP contribution in [0.5, 0.6) is 0 Å². The molecule has 0 aromatic carbocycles. The van der Waals surface area contributed by atoms with Crippen molar-refractivity contribution < 1.29 is 14.0 Å². The fourth-order valence-electron chi connectivity index (χ4n) is 0.754. The highest BCUT2D eigenvalue weighted by Crippen LogP contribution is 1.93. The third kappa shape index (κ3) is 7.89. The van der Waals surface area contributed by atoms with Crippen LogP contribution in [0, 0.1) is 0 Å². The maximum absolute atomic E-state index is 11.1. The molecule has 6 heteroatoms. The smallest absolute Gasteiger partial charge is 0.314 e. The summed E-state index contributed by atoms with van der Waals surface area (Å²) in [6.45, 7) is 5.50. The molecule has 0 spiro atoms. The molecule has 2 radical (unpaired) electrons. The van der Waals surface area contributed by atoms with Gasteiger partial charge in [-0.05, 0) is 12.5 Å². The summed E-state index contributed by atoms with van der Waals surface area (Å²) in [7, 11) is 1.82. The monoisotopic (exact) mass is 228 g/mol. The minimum atomic E-state index is -0.283. The number of carbonyl (C=O) groups is 2. The predicted molar refractivity (Wildman–Crippen MR) is 58.6 cm³/mol. The number of ketones is 1. The molecule has 0 atom stereocenters. The van der Waals surface area contributed by atoms with E-state index in [2.05, 4.69) is 17.2 Å².